The molecule has 5 rings (SSSR count). The third kappa shape index (κ3) is 2.87. The topological polar surface area (TPSA) is 24.9 Å². The Morgan fingerprint density at radius 1 is 0.821 bits per heavy atom. The smallest absolute Gasteiger partial charge is 0.129 e. The lowest BCUT2D eigenvalue weighted by molar-refractivity contribution is 0.340. The predicted molar refractivity (Wildman–Crippen MR) is 113 cm³/mol. The van der Waals surface area contributed by atoms with Gasteiger partial charge < -0.3 is 19.3 Å². The van der Waals surface area contributed by atoms with Crippen LogP contribution < -0.4 is 19.3 Å². The molecule has 0 saturated carbocycles. The van der Waals surface area contributed by atoms with Gasteiger partial charge in [-0.1, -0.05) is 30.3 Å². The molecule has 0 aliphatic carbocycles. The molecule has 3 aromatic rings. The van der Waals surface area contributed by atoms with Gasteiger partial charge in [-0.3, -0.25) is 0 Å². The van der Waals surface area contributed by atoms with Gasteiger partial charge in [0.2, 0.25) is 0 Å². The SMILES string of the molecule is COc1ccc(N2CN(c3ccccc3)CC3=C2c2ccccc2OC3)cc1. The van der Waals surface area contributed by atoms with E-state index >= 15 is 0 Å². The van der Waals surface area contributed by atoms with Crippen LogP contribution in [0.5, 0.6) is 11.5 Å². The number of ether oxygens (including phenoxy) is 2. The lowest BCUT2D eigenvalue weighted by atomic mass is 9.98. The van der Waals surface area contributed by atoms with Gasteiger partial charge in [0.15, 0.2) is 0 Å². The van der Waals surface area contributed by atoms with Crippen LogP contribution in [0.25, 0.3) is 5.70 Å². The normalized spacial score (nSPS) is 15.6. The average molecular weight is 370 g/mol. The maximum atomic E-state index is 6.07. The molecule has 4 nitrogen and oxygen atoms in total. The highest BCUT2D eigenvalue weighted by Gasteiger charge is 2.31. The molecule has 0 fully saturated rings. The third-order valence-electron chi connectivity index (χ3n) is 5.35. The molecule has 3 aromatic carbocycles. The third-order valence-corrected chi connectivity index (χ3v) is 5.35. The van der Waals surface area contributed by atoms with Gasteiger partial charge >= 0.3 is 0 Å². The highest BCUT2D eigenvalue weighted by atomic mass is 16.5. The van der Waals surface area contributed by atoms with Crippen LogP contribution >= 0.6 is 0 Å². The van der Waals surface area contributed by atoms with Crippen LogP contribution in [0.4, 0.5) is 11.4 Å². The lowest BCUT2D eigenvalue weighted by Crippen LogP contribution is -2.45. The van der Waals surface area contributed by atoms with Crippen molar-refractivity contribution in [2.45, 2.75) is 0 Å². The molecule has 2 aliphatic rings. The Balaban J connectivity index is 1.62. The van der Waals surface area contributed by atoms with Gasteiger partial charge in [-0.2, -0.15) is 0 Å². The molecule has 0 spiro atoms. The van der Waals surface area contributed by atoms with Crippen molar-refractivity contribution in [2.75, 3.05) is 36.7 Å². The molecule has 4 heteroatoms. The van der Waals surface area contributed by atoms with Gasteiger partial charge in [0, 0.05) is 29.1 Å². The van der Waals surface area contributed by atoms with Crippen LogP contribution in [0, 0.1) is 0 Å². The minimum Gasteiger partial charge on any atom is -0.497 e. The minimum atomic E-state index is 0.613. The van der Waals surface area contributed by atoms with Crippen molar-refractivity contribution in [3.63, 3.8) is 0 Å². The van der Waals surface area contributed by atoms with Crippen molar-refractivity contribution < 1.29 is 9.47 Å². The second kappa shape index (κ2) is 6.97. The number of rotatable bonds is 3. The van der Waals surface area contributed by atoms with Gasteiger partial charge in [-0.25, -0.2) is 0 Å². The number of fused-ring (bicyclic) bond motifs is 2. The predicted octanol–water partition coefficient (Wildman–Crippen LogP) is 4.78. The van der Waals surface area contributed by atoms with Crippen LogP contribution in [-0.2, 0) is 0 Å². The van der Waals surface area contributed by atoms with E-state index in [1.54, 1.807) is 7.11 Å². The summed E-state index contributed by atoms with van der Waals surface area (Å²) < 4.78 is 11.4. The number of nitrogens with zero attached hydrogens (tertiary/aromatic N) is 2. The zero-order valence-corrected chi connectivity index (χ0v) is 15.8. The first kappa shape index (κ1) is 16.8. The molecule has 28 heavy (non-hydrogen) atoms. The van der Waals surface area contributed by atoms with E-state index in [9.17, 15) is 0 Å². The molecule has 140 valence electrons. The summed E-state index contributed by atoms with van der Waals surface area (Å²) in [6, 6.07) is 27.1. The summed E-state index contributed by atoms with van der Waals surface area (Å²) in [4.78, 5) is 4.77. The van der Waals surface area contributed by atoms with Crippen molar-refractivity contribution in [3.05, 3.63) is 90.0 Å². The number of hydrogen-bond acceptors (Lipinski definition) is 4. The molecule has 0 N–H and O–H groups in total. The van der Waals surface area contributed by atoms with Crippen LogP contribution in [0.2, 0.25) is 0 Å². The zero-order chi connectivity index (χ0) is 18.9. The first-order chi connectivity index (χ1) is 13.8. The van der Waals surface area contributed by atoms with E-state index in [1.165, 1.54) is 17.0 Å². The Kier molecular flexibility index (Phi) is 4.17. The summed E-state index contributed by atoms with van der Waals surface area (Å²) in [5.41, 5.74) is 6.08. The molecular weight excluding hydrogens is 348 g/mol. The largest absolute Gasteiger partial charge is 0.497 e. The van der Waals surface area contributed by atoms with Crippen molar-refractivity contribution in [2.24, 2.45) is 0 Å². The van der Waals surface area contributed by atoms with E-state index in [0.717, 1.165) is 36.0 Å². The maximum absolute atomic E-state index is 6.07. The quantitative estimate of drug-likeness (QED) is 0.662. The van der Waals surface area contributed by atoms with Crippen molar-refractivity contribution in [1.82, 2.24) is 0 Å². The van der Waals surface area contributed by atoms with Gasteiger partial charge in [0.25, 0.3) is 0 Å². The van der Waals surface area contributed by atoms with E-state index in [-0.39, 0.29) is 0 Å². The van der Waals surface area contributed by atoms with E-state index < -0.39 is 0 Å². The second-order valence-corrected chi connectivity index (χ2v) is 7.04. The van der Waals surface area contributed by atoms with Gasteiger partial charge in [-0.05, 0) is 48.5 Å². The standard InChI is InChI=1S/C24H22N2O2/c1-27-21-13-11-20(12-14-21)26-17-25(19-7-3-2-4-8-19)15-18-16-28-23-10-6-5-9-22(23)24(18)26/h2-14H,15-17H2,1H3. The summed E-state index contributed by atoms with van der Waals surface area (Å²) >= 11 is 0. The molecule has 2 aliphatic heterocycles. The van der Waals surface area contributed by atoms with Gasteiger partial charge in [0.1, 0.15) is 18.1 Å². The highest BCUT2D eigenvalue weighted by molar-refractivity contribution is 5.87. The molecule has 0 saturated heterocycles. The number of para-hydroxylation sites is 2. The summed E-state index contributed by atoms with van der Waals surface area (Å²) in [5.74, 6) is 1.81. The Bertz CT molecular complexity index is 1010. The van der Waals surface area contributed by atoms with E-state index in [2.05, 4.69) is 70.5 Å². The van der Waals surface area contributed by atoms with Crippen LogP contribution in [0.3, 0.4) is 0 Å². The Morgan fingerprint density at radius 3 is 2.36 bits per heavy atom. The molecule has 0 unspecified atom stereocenters. The van der Waals surface area contributed by atoms with Crippen molar-refractivity contribution in [1.29, 1.82) is 0 Å². The zero-order valence-electron chi connectivity index (χ0n) is 15.8. The monoisotopic (exact) mass is 370 g/mol. The Morgan fingerprint density at radius 2 is 1.57 bits per heavy atom. The number of anilines is 2. The van der Waals surface area contributed by atoms with E-state index in [4.69, 9.17) is 9.47 Å². The summed E-state index contributed by atoms with van der Waals surface area (Å²) in [5, 5.41) is 0. The number of methoxy groups -OCH3 is 1. The fraction of sp³-hybridized carbons (Fsp3) is 0.167. The van der Waals surface area contributed by atoms with Gasteiger partial charge in [-0.15, -0.1) is 0 Å². The first-order valence-electron chi connectivity index (χ1n) is 9.49. The minimum absolute atomic E-state index is 0.613. The maximum Gasteiger partial charge on any atom is 0.129 e. The molecule has 2 heterocycles. The van der Waals surface area contributed by atoms with Crippen molar-refractivity contribution in [3.8, 4) is 11.5 Å². The van der Waals surface area contributed by atoms with Crippen LogP contribution in [0.15, 0.2) is 84.4 Å². The summed E-state index contributed by atoms with van der Waals surface area (Å²) in [6.45, 7) is 2.26. The first-order valence-corrected chi connectivity index (χ1v) is 9.49. The highest BCUT2D eigenvalue weighted by Crippen LogP contribution is 2.41. The molecule has 0 aromatic heterocycles. The Hall–Kier alpha value is -3.40. The van der Waals surface area contributed by atoms with Crippen LogP contribution in [-0.4, -0.2) is 26.9 Å². The fourth-order valence-corrected chi connectivity index (χ4v) is 3.98. The number of hydrogen-bond donors (Lipinski definition) is 0. The van der Waals surface area contributed by atoms with Crippen molar-refractivity contribution >= 4 is 17.1 Å². The molecular formula is C24H22N2O2. The molecule has 0 amide bonds. The summed E-state index contributed by atoms with van der Waals surface area (Å²) in [6.07, 6.45) is 0. The molecule has 0 atom stereocenters. The van der Waals surface area contributed by atoms with E-state index in [0.29, 0.717) is 6.61 Å². The van der Waals surface area contributed by atoms with Crippen LogP contribution in [0.1, 0.15) is 5.56 Å². The van der Waals surface area contributed by atoms with Gasteiger partial charge in [0.05, 0.1) is 19.5 Å². The summed E-state index contributed by atoms with van der Waals surface area (Å²) in [7, 11) is 1.70. The molecule has 0 radical (unpaired) electrons. The van der Waals surface area contributed by atoms with E-state index in [1.807, 2.05) is 18.2 Å². The molecule has 0 bridgehead atoms. The average Bonchev–Trinajstić information content (AvgIpc) is 2.79. The number of benzene rings is 3. The second-order valence-electron chi connectivity index (χ2n) is 7.04. The lowest BCUT2D eigenvalue weighted by Gasteiger charge is -2.43. The fourth-order valence-electron chi connectivity index (χ4n) is 3.98. The Labute approximate surface area is 165 Å².